The normalized spacial score (nSPS) is 10.5. The van der Waals surface area contributed by atoms with Gasteiger partial charge in [0.25, 0.3) is 0 Å². The molecule has 1 N–H and O–H groups in total. The van der Waals surface area contributed by atoms with E-state index in [4.69, 9.17) is 16.7 Å². The average Bonchev–Trinajstić information content (AvgIpc) is 2.60. The van der Waals surface area contributed by atoms with Crippen LogP contribution in [0.4, 0.5) is 0 Å². The summed E-state index contributed by atoms with van der Waals surface area (Å²) in [5, 5.41) is 10.4. The number of aromatic carboxylic acids is 1. The number of benzene rings is 1. The molecule has 17 heavy (non-hydrogen) atoms. The molecule has 0 fully saturated rings. The van der Waals surface area contributed by atoms with Crippen LogP contribution in [0.25, 0.3) is 10.6 Å². The molecule has 1 aromatic carbocycles. The largest absolute Gasteiger partial charge is 0.477 e. The molecule has 1 heterocycles. The van der Waals surface area contributed by atoms with Gasteiger partial charge in [0.15, 0.2) is 0 Å². The van der Waals surface area contributed by atoms with Crippen LogP contribution in [-0.2, 0) is 0 Å². The number of aryl methyl sites for hydroxylation is 2. The summed E-state index contributed by atoms with van der Waals surface area (Å²) < 4.78 is 0. The lowest BCUT2D eigenvalue weighted by Gasteiger charge is -2.01. The van der Waals surface area contributed by atoms with E-state index in [0.29, 0.717) is 15.7 Å². The van der Waals surface area contributed by atoms with Crippen molar-refractivity contribution in [3.05, 3.63) is 39.4 Å². The van der Waals surface area contributed by atoms with Crippen LogP contribution >= 0.6 is 22.9 Å². The highest BCUT2D eigenvalue weighted by molar-refractivity contribution is 7.17. The number of rotatable bonds is 2. The molecule has 5 heteroatoms. The predicted octanol–water partition coefficient (Wildman–Crippen LogP) is 3.78. The minimum atomic E-state index is -0.933. The van der Waals surface area contributed by atoms with Gasteiger partial charge in [0.1, 0.15) is 9.88 Å². The van der Waals surface area contributed by atoms with E-state index in [0.717, 1.165) is 11.1 Å². The summed E-state index contributed by atoms with van der Waals surface area (Å²) >= 11 is 7.07. The van der Waals surface area contributed by atoms with Gasteiger partial charge in [-0.2, -0.15) is 0 Å². The number of aromatic nitrogens is 1. The predicted molar refractivity (Wildman–Crippen MR) is 69.0 cm³/mol. The molecule has 0 amide bonds. The van der Waals surface area contributed by atoms with Crippen LogP contribution in [0.3, 0.4) is 0 Å². The fourth-order valence-electron chi connectivity index (χ4n) is 1.58. The van der Waals surface area contributed by atoms with Gasteiger partial charge < -0.3 is 5.11 Å². The van der Waals surface area contributed by atoms with E-state index in [1.165, 1.54) is 11.3 Å². The summed E-state index contributed by atoms with van der Waals surface area (Å²) in [6.45, 7) is 3.63. The molecule has 3 nitrogen and oxygen atoms in total. The summed E-state index contributed by atoms with van der Waals surface area (Å²) in [5.74, 6) is -0.933. The maximum absolute atomic E-state index is 11.0. The Hall–Kier alpha value is -1.39. The van der Waals surface area contributed by atoms with Crippen molar-refractivity contribution in [3.8, 4) is 10.6 Å². The summed E-state index contributed by atoms with van der Waals surface area (Å²) in [6.07, 6.45) is 0. The van der Waals surface area contributed by atoms with Crippen molar-refractivity contribution >= 4 is 28.9 Å². The van der Waals surface area contributed by atoms with Crippen molar-refractivity contribution in [2.45, 2.75) is 13.8 Å². The van der Waals surface area contributed by atoms with Crippen molar-refractivity contribution in [2.24, 2.45) is 0 Å². The highest BCUT2D eigenvalue weighted by atomic mass is 35.5. The molecule has 0 saturated heterocycles. The van der Waals surface area contributed by atoms with Crippen molar-refractivity contribution in [1.29, 1.82) is 0 Å². The van der Waals surface area contributed by atoms with Gasteiger partial charge in [-0.25, -0.2) is 9.78 Å². The molecular weight excluding hydrogens is 258 g/mol. The molecule has 0 aliphatic rings. The summed E-state index contributed by atoms with van der Waals surface area (Å²) in [5.41, 5.74) is 2.46. The third-order valence-electron chi connectivity index (χ3n) is 2.41. The van der Waals surface area contributed by atoms with E-state index in [-0.39, 0.29) is 4.88 Å². The first-order valence-electron chi connectivity index (χ1n) is 4.96. The molecule has 0 unspecified atom stereocenters. The van der Waals surface area contributed by atoms with Crippen LogP contribution in [0.5, 0.6) is 0 Å². The third kappa shape index (κ3) is 2.33. The monoisotopic (exact) mass is 267 g/mol. The molecule has 0 saturated carbocycles. The number of thiazole rings is 1. The minimum Gasteiger partial charge on any atom is -0.477 e. The smallest absolute Gasteiger partial charge is 0.347 e. The molecule has 2 rings (SSSR count). The van der Waals surface area contributed by atoms with Crippen molar-refractivity contribution in [2.75, 3.05) is 0 Å². The zero-order valence-corrected chi connectivity index (χ0v) is 10.9. The standard InChI is InChI=1S/C12H10ClNO2S/c1-6-5-8(13)3-4-9(6)11-14-7(2)10(17-11)12(15)16/h3-5H,1-2H3,(H,15,16). The number of hydrogen-bond donors (Lipinski definition) is 1. The van der Waals surface area contributed by atoms with Crippen LogP contribution in [0.15, 0.2) is 18.2 Å². The van der Waals surface area contributed by atoms with Gasteiger partial charge in [-0.05, 0) is 31.5 Å². The molecular formula is C12H10ClNO2S. The molecule has 0 radical (unpaired) electrons. The Labute approximate surface area is 108 Å². The SMILES string of the molecule is Cc1cc(Cl)ccc1-c1nc(C)c(C(=O)O)s1. The zero-order chi connectivity index (χ0) is 12.6. The lowest BCUT2D eigenvalue weighted by atomic mass is 10.1. The van der Waals surface area contributed by atoms with E-state index in [1.807, 2.05) is 19.1 Å². The zero-order valence-electron chi connectivity index (χ0n) is 9.32. The maximum Gasteiger partial charge on any atom is 0.347 e. The fraction of sp³-hybridized carbons (Fsp3) is 0.167. The van der Waals surface area contributed by atoms with Crippen molar-refractivity contribution < 1.29 is 9.90 Å². The number of carbonyl (C=O) groups is 1. The van der Waals surface area contributed by atoms with Gasteiger partial charge in [-0.3, -0.25) is 0 Å². The van der Waals surface area contributed by atoms with Gasteiger partial charge in [0, 0.05) is 10.6 Å². The molecule has 0 atom stereocenters. The molecule has 0 aliphatic carbocycles. The fourth-order valence-corrected chi connectivity index (χ4v) is 2.80. The molecule has 0 aliphatic heterocycles. The Morgan fingerprint density at radius 1 is 1.41 bits per heavy atom. The topological polar surface area (TPSA) is 50.2 Å². The van der Waals surface area contributed by atoms with E-state index in [2.05, 4.69) is 4.98 Å². The van der Waals surface area contributed by atoms with Gasteiger partial charge in [-0.1, -0.05) is 17.7 Å². The highest BCUT2D eigenvalue weighted by Gasteiger charge is 2.15. The Morgan fingerprint density at radius 2 is 2.12 bits per heavy atom. The average molecular weight is 268 g/mol. The quantitative estimate of drug-likeness (QED) is 0.901. The van der Waals surface area contributed by atoms with Crippen LogP contribution in [0.1, 0.15) is 20.9 Å². The number of carboxylic acids is 1. The van der Waals surface area contributed by atoms with Gasteiger partial charge in [0.2, 0.25) is 0 Å². The Bertz CT molecular complexity index is 592. The number of halogens is 1. The number of hydrogen-bond acceptors (Lipinski definition) is 3. The second-order valence-electron chi connectivity index (χ2n) is 3.70. The van der Waals surface area contributed by atoms with E-state index >= 15 is 0 Å². The Kier molecular flexibility index (Phi) is 3.17. The second-order valence-corrected chi connectivity index (χ2v) is 5.13. The van der Waals surface area contributed by atoms with Crippen LogP contribution in [-0.4, -0.2) is 16.1 Å². The second kappa shape index (κ2) is 4.47. The molecule has 2 aromatic rings. The summed E-state index contributed by atoms with van der Waals surface area (Å²) in [6, 6.07) is 5.48. The van der Waals surface area contributed by atoms with Gasteiger partial charge >= 0.3 is 5.97 Å². The van der Waals surface area contributed by atoms with Crippen LogP contribution in [0.2, 0.25) is 5.02 Å². The van der Waals surface area contributed by atoms with Crippen LogP contribution in [0, 0.1) is 13.8 Å². The van der Waals surface area contributed by atoms with Crippen molar-refractivity contribution in [3.63, 3.8) is 0 Å². The van der Waals surface area contributed by atoms with Crippen LogP contribution < -0.4 is 0 Å². The molecule has 0 spiro atoms. The molecule has 88 valence electrons. The lowest BCUT2D eigenvalue weighted by Crippen LogP contribution is -1.94. The van der Waals surface area contributed by atoms with Crippen molar-refractivity contribution in [1.82, 2.24) is 4.98 Å². The molecule has 0 bridgehead atoms. The van der Waals surface area contributed by atoms with E-state index in [9.17, 15) is 4.79 Å². The van der Waals surface area contributed by atoms with Gasteiger partial charge in [-0.15, -0.1) is 11.3 Å². The number of carboxylic acid groups (broad SMARTS) is 1. The first-order valence-corrected chi connectivity index (χ1v) is 6.15. The minimum absolute atomic E-state index is 0.286. The first kappa shape index (κ1) is 12.1. The third-order valence-corrected chi connectivity index (χ3v) is 3.82. The Morgan fingerprint density at radius 3 is 2.65 bits per heavy atom. The maximum atomic E-state index is 11.0. The van der Waals surface area contributed by atoms with E-state index in [1.54, 1.807) is 13.0 Å². The Balaban J connectivity index is 2.53. The number of nitrogens with zero attached hydrogens (tertiary/aromatic N) is 1. The first-order chi connectivity index (χ1) is 7.99. The van der Waals surface area contributed by atoms with Gasteiger partial charge in [0.05, 0.1) is 5.69 Å². The summed E-state index contributed by atoms with van der Waals surface area (Å²) in [7, 11) is 0. The molecule has 1 aromatic heterocycles. The summed E-state index contributed by atoms with van der Waals surface area (Å²) in [4.78, 5) is 15.5. The van der Waals surface area contributed by atoms with E-state index < -0.39 is 5.97 Å². The lowest BCUT2D eigenvalue weighted by molar-refractivity contribution is 0.0701. The highest BCUT2D eigenvalue weighted by Crippen LogP contribution is 2.31.